The van der Waals surface area contributed by atoms with Crippen LogP contribution in [0.15, 0.2) is 44.7 Å². The summed E-state index contributed by atoms with van der Waals surface area (Å²) in [5.41, 5.74) is 1.29. The lowest BCUT2D eigenvalue weighted by Crippen LogP contribution is -2.17. The summed E-state index contributed by atoms with van der Waals surface area (Å²) in [6, 6.07) is 10.9. The minimum absolute atomic E-state index is 0.380. The minimum atomic E-state index is 0.380. The molecule has 0 saturated heterocycles. The lowest BCUT2D eigenvalue weighted by molar-refractivity contribution is 0.582. The molecule has 0 aliphatic carbocycles. The largest absolute Gasteiger partial charge is 0.305 e. The van der Waals surface area contributed by atoms with E-state index in [0.717, 1.165) is 15.5 Å². The van der Waals surface area contributed by atoms with Crippen LogP contribution in [0.25, 0.3) is 0 Å². The third-order valence-electron chi connectivity index (χ3n) is 2.52. The van der Waals surface area contributed by atoms with Crippen molar-refractivity contribution in [2.75, 3.05) is 0 Å². The van der Waals surface area contributed by atoms with Gasteiger partial charge in [0.05, 0.1) is 0 Å². The first kappa shape index (κ1) is 13.3. The van der Waals surface area contributed by atoms with Gasteiger partial charge in [-0.2, -0.15) is 0 Å². The third-order valence-corrected chi connectivity index (χ3v) is 4.89. The highest BCUT2D eigenvalue weighted by Gasteiger charge is 2.07. The molecule has 1 aromatic heterocycles. The van der Waals surface area contributed by atoms with Gasteiger partial charge in [-0.25, -0.2) is 0 Å². The lowest BCUT2D eigenvalue weighted by Gasteiger charge is -2.12. The predicted molar refractivity (Wildman–Crippen MR) is 81.4 cm³/mol. The van der Waals surface area contributed by atoms with Gasteiger partial charge in [-0.15, -0.1) is 11.3 Å². The number of rotatable bonds is 4. The van der Waals surface area contributed by atoms with Crippen molar-refractivity contribution in [3.63, 3.8) is 0 Å². The molecule has 0 bridgehead atoms. The van der Waals surface area contributed by atoms with Crippen molar-refractivity contribution in [1.29, 1.82) is 0 Å². The molecular formula is C13H13Br2NS. The monoisotopic (exact) mass is 373 g/mol. The standard InChI is InChI=1S/C13H13Br2NS/c1-9(13-6-12(15)8-17-13)16-7-10-3-2-4-11(14)5-10/h2-6,8-9,16H,7H2,1H3. The number of benzene rings is 1. The summed E-state index contributed by atoms with van der Waals surface area (Å²) >= 11 is 8.75. The molecule has 17 heavy (non-hydrogen) atoms. The number of halogens is 2. The normalized spacial score (nSPS) is 12.6. The first-order valence-electron chi connectivity index (χ1n) is 5.37. The zero-order valence-electron chi connectivity index (χ0n) is 9.41. The van der Waals surface area contributed by atoms with Gasteiger partial charge in [0.15, 0.2) is 0 Å². The molecule has 90 valence electrons. The van der Waals surface area contributed by atoms with Gasteiger partial charge in [0, 0.05) is 31.8 Å². The Bertz CT molecular complexity index is 496. The molecule has 1 atom stereocenters. The second-order valence-electron chi connectivity index (χ2n) is 3.90. The summed E-state index contributed by atoms with van der Waals surface area (Å²) in [5, 5.41) is 5.64. The molecule has 0 radical (unpaired) electrons. The van der Waals surface area contributed by atoms with E-state index in [1.165, 1.54) is 10.4 Å². The SMILES string of the molecule is CC(NCc1cccc(Br)c1)c1cc(Br)cs1. The van der Waals surface area contributed by atoms with E-state index in [4.69, 9.17) is 0 Å². The van der Waals surface area contributed by atoms with E-state index in [1.807, 2.05) is 6.07 Å². The molecule has 0 saturated carbocycles. The molecule has 1 unspecified atom stereocenters. The highest BCUT2D eigenvalue weighted by molar-refractivity contribution is 9.10. The summed E-state index contributed by atoms with van der Waals surface area (Å²) in [7, 11) is 0. The molecule has 1 aromatic carbocycles. The van der Waals surface area contributed by atoms with Crippen LogP contribution in [0.2, 0.25) is 0 Å². The van der Waals surface area contributed by atoms with Crippen LogP contribution in [0, 0.1) is 0 Å². The third kappa shape index (κ3) is 3.91. The number of hydrogen-bond donors (Lipinski definition) is 1. The molecule has 4 heteroatoms. The van der Waals surface area contributed by atoms with Crippen LogP contribution in [-0.4, -0.2) is 0 Å². The highest BCUT2D eigenvalue weighted by Crippen LogP contribution is 2.25. The smallest absolute Gasteiger partial charge is 0.0389 e. The fourth-order valence-electron chi connectivity index (χ4n) is 1.57. The van der Waals surface area contributed by atoms with Crippen LogP contribution in [0.1, 0.15) is 23.4 Å². The molecule has 0 aliphatic heterocycles. The summed E-state index contributed by atoms with van der Waals surface area (Å²) in [6.07, 6.45) is 0. The van der Waals surface area contributed by atoms with Crippen molar-refractivity contribution in [1.82, 2.24) is 5.32 Å². The molecule has 1 heterocycles. The average Bonchev–Trinajstić information content (AvgIpc) is 2.73. The van der Waals surface area contributed by atoms with Gasteiger partial charge in [-0.3, -0.25) is 0 Å². The van der Waals surface area contributed by atoms with Crippen molar-refractivity contribution in [2.24, 2.45) is 0 Å². The van der Waals surface area contributed by atoms with Gasteiger partial charge in [0.25, 0.3) is 0 Å². The molecule has 0 aliphatic rings. The highest BCUT2D eigenvalue weighted by atomic mass is 79.9. The molecule has 1 N–H and O–H groups in total. The first-order chi connectivity index (χ1) is 8.15. The number of thiophene rings is 1. The van der Waals surface area contributed by atoms with Crippen LogP contribution >= 0.6 is 43.2 Å². The Hall–Kier alpha value is -0.160. The van der Waals surface area contributed by atoms with E-state index in [0.29, 0.717) is 6.04 Å². The van der Waals surface area contributed by atoms with E-state index < -0.39 is 0 Å². The number of nitrogens with one attached hydrogen (secondary N) is 1. The molecular weight excluding hydrogens is 362 g/mol. The van der Waals surface area contributed by atoms with E-state index in [1.54, 1.807) is 11.3 Å². The van der Waals surface area contributed by atoms with Crippen molar-refractivity contribution < 1.29 is 0 Å². The zero-order chi connectivity index (χ0) is 12.3. The second kappa shape index (κ2) is 6.14. The molecule has 2 rings (SSSR count). The van der Waals surface area contributed by atoms with Crippen molar-refractivity contribution >= 4 is 43.2 Å². The molecule has 0 spiro atoms. The molecule has 0 amide bonds. The fraction of sp³-hybridized carbons (Fsp3) is 0.231. The Morgan fingerprint density at radius 1 is 1.24 bits per heavy atom. The predicted octanol–water partition coefficient (Wildman–Crippen LogP) is 5.12. The van der Waals surface area contributed by atoms with Crippen molar-refractivity contribution in [3.8, 4) is 0 Å². The minimum Gasteiger partial charge on any atom is -0.305 e. The van der Waals surface area contributed by atoms with E-state index >= 15 is 0 Å². The zero-order valence-corrected chi connectivity index (χ0v) is 13.4. The Morgan fingerprint density at radius 3 is 2.71 bits per heavy atom. The van der Waals surface area contributed by atoms with Gasteiger partial charge < -0.3 is 5.32 Å². The summed E-state index contributed by atoms with van der Waals surface area (Å²) in [5.74, 6) is 0. The lowest BCUT2D eigenvalue weighted by atomic mass is 10.2. The van der Waals surface area contributed by atoms with Crippen molar-refractivity contribution in [2.45, 2.75) is 19.5 Å². The maximum atomic E-state index is 3.52. The average molecular weight is 375 g/mol. The van der Waals surface area contributed by atoms with E-state index in [2.05, 4.69) is 73.7 Å². The Labute approximate surface area is 123 Å². The van der Waals surface area contributed by atoms with Crippen LogP contribution in [0.4, 0.5) is 0 Å². The summed E-state index contributed by atoms with van der Waals surface area (Å²) < 4.78 is 2.29. The Kier molecular flexibility index (Phi) is 4.79. The van der Waals surface area contributed by atoms with Crippen LogP contribution in [0.5, 0.6) is 0 Å². The fourth-order valence-corrected chi connectivity index (χ4v) is 3.50. The molecule has 2 aromatic rings. The molecule has 1 nitrogen and oxygen atoms in total. The Morgan fingerprint density at radius 2 is 2.06 bits per heavy atom. The van der Waals surface area contributed by atoms with Crippen LogP contribution < -0.4 is 5.32 Å². The number of hydrogen-bond acceptors (Lipinski definition) is 2. The van der Waals surface area contributed by atoms with E-state index in [-0.39, 0.29) is 0 Å². The summed E-state index contributed by atoms with van der Waals surface area (Å²) in [4.78, 5) is 1.35. The van der Waals surface area contributed by atoms with Gasteiger partial charge in [-0.1, -0.05) is 28.1 Å². The quantitative estimate of drug-likeness (QED) is 0.782. The topological polar surface area (TPSA) is 12.0 Å². The van der Waals surface area contributed by atoms with Gasteiger partial charge in [0.1, 0.15) is 0 Å². The second-order valence-corrected chi connectivity index (χ2v) is 6.67. The van der Waals surface area contributed by atoms with Gasteiger partial charge >= 0.3 is 0 Å². The maximum absolute atomic E-state index is 3.52. The first-order valence-corrected chi connectivity index (χ1v) is 7.83. The van der Waals surface area contributed by atoms with E-state index in [9.17, 15) is 0 Å². The Balaban J connectivity index is 1.94. The summed E-state index contributed by atoms with van der Waals surface area (Å²) in [6.45, 7) is 3.08. The maximum Gasteiger partial charge on any atom is 0.0389 e. The molecule has 0 fully saturated rings. The van der Waals surface area contributed by atoms with Gasteiger partial charge in [-0.05, 0) is 46.6 Å². The van der Waals surface area contributed by atoms with Crippen LogP contribution in [-0.2, 0) is 6.54 Å². The van der Waals surface area contributed by atoms with Crippen LogP contribution in [0.3, 0.4) is 0 Å². The van der Waals surface area contributed by atoms with Crippen molar-refractivity contribution in [3.05, 3.63) is 55.1 Å². The van der Waals surface area contributed by atoms with Gasteiger partial charge in [0.2, 0.25) is 0 Å².